The number of rotatable bonds is 1. The molecule has 2 aliphatic heterocycles. The van der Waals surface area contributed by atoms with Crippen molar-refractivity contribution in [3.8, 4) is 11.5 Å². The number of carbonyl (C=O) groups is 1. The zero-order chi connectivity index (χ0) is 17.0. The van der Waals surface area contributed by atoms with E-state index in [1.165, 1.54) is 6.07 Å². The van der Waals surface area contributed by atoms with Crippen molar-refractivity contribution >= 4 is 16.8 Å². The molecule has 6 heteroatoms. The molecular weight excluding hydrogens is 323 g/mol. The van der Waals surface area contributed by atoms with Crippen molar-refractivity contribution in [2.75, 3.05) is 13.3 Å². The number of hydrogen-bond donors (Lipinski definition) is 1. The Hall–Kier alpha value is -3.02. The summed E-state index contributed by atoms with van der Waals surface area (Å²) in [5.74, 6) is 0.974. The molecule has 0 unspecified atom stereocenters. The van der Waals surface area contributed by atoms with Crippen molar-refractivity contribution in [3.63, 3.8) is 0 Å². The van der Waals surface area contributed by atoms with Gasteiger partial charge in [-0.1, -0.05) is 0 Å². The monoisotopic (exact) mass is 338 g/mol. The average Bonchev–Trinajstić information content (AvgIpc) is 3.23. The third-order valence-corrected chi connectivity index (χ3v) is 4.84. The van der Waals surface area contributed by atoms with Gasteiger partial charge < -0.3 is 19.4 Å². The second-order valence-electron chi connectivity index (χ2n) is 6.32. The SMILES string of the molecule is O=C(c1ccc2c(c1)OCO2)N1CCc2c([nH]c3ccc(F)cc23)C1. The van der Waals surface area contributed by atoms with Crippen LogP contribution >= 0.6 is 0 Å². The average molecular weight is 338 g/mol. The zero-order valence-electron chi connectivity index (χ0n) is 13.3. The smallest absolute Gasteiger partial charge is 0.254 e. The molecule has 2 aromatic carbocycles. The predicted molar refractivity (Wildman–Crippen MR) is 89.3 cm³/mol. The van der Waals surface area contributed by atoms with Crippen LogP contribution in [0.2, 0.25) is 0 Å². The minimum Gasteiger partial charge on any atom is -0.454 e. The first kappa shape index (κ1) is 14.3. The number of nitrogens with one attached hydrogen (secondary N) is 1. The number of fused-ring (bicyclic) bond motifs is 4. The predicted octanol–water partition coefficient (Wildman–Crippen LogP) is 3.23. The maximum Gasteiger partial charge on any atom is 0.254 e. The molecule has 0 saturated carbocycles. The van der Waals surface area contributed by atoms with Crippen LogP contribution in [0.25, 0.3) is 10.9 Å². The second-order valence-corrected chi connectivity index (χ2v) is 6.32. The summed E-state index contributed by atoms with van der Waals surface area (Å²) >= 11 is 0. The van der Waals surface area contributed by atoms with Crippen molar-refractivity contribution in [1.82, 2.24) is 9.88 Å². The summed E-state index contributed by atoms with van der Waals surface area (Å²) in [6.07, 6.45) is 0.703. The van der Waals surface area contributed by atoms with Gasteiger partial charge in [0.15, 0.2) is 11.5 Å². The Morgan fingerprint density at radius 1 is 1.12 bits per heavy atom. The van der Waals surface area contributed by atoms with Crippen LogP contribution < -0.4 is 9.47 Å². The summed E-state index contributed by atoms with van der Waals surface area (Å²) in [6, 6.07) is 9.98. The summed E-state index contributed by atoms with van der Waals surface area (Å²) in [5, 5.41) is 0.908. The van der Waals surface area contributed by atoms with Gasteiger partial charge >= 0.3 is 0 Å². The van der Waals surface area contributed by atoms with Crippen molar-refractivity contribution < 1.29 is 18.7 Å². The molecule has 0 atom stereocenters. The molecule has 0 saturated heterocycles. The van der Waals surface area contributed by atoms with Gasteiger partial charge in [-0.25, -0.2) is 4.39 Å². The van der Waals surface area contributed by atoms with Gasteiger partial charge in [0.25, 0.3) is 5.91 Å². The largest absolute Gasteiger partial charge is 0.454 e. The molecule has 0 radical (unpaired) electrons. The fourth-order valence-electron chi connectivity index (χ4n) is 3.60. The molecule has 3 heterocycles. The molecule has 0 aliphatic carbocycles. The minimum absolute atomic E-state index is 0.0474. The van der Waals surface area contributed by atoms with E-state index in [4.69, 9.17) is 9.47 Å². The first-order valence-corrected chi connectivity index (χ1v) is 8.17. The van der Waals surface area contributed by atoms with Crippen LogP contribution in [0.4, 0.5) is 4.39 Å². The number of aromatic amines is 1. The Morgan fingerprint density at radius 2 is 2.00 bits per heavy atom. The van der Waals surface area contributed by atoms with Gasteiger partial charge in [0.1, 0.15) is 5.82 Å². The Labute approximate surface area is 143 Å². The molecule has 0 spiro atoms. The van der Waals surface area contributed by atoms with E-state index in [1.807, 2.05) is 0 Å². The number of amides is 1. The molecule has 2 aliphatic rings. The molecule has 1 N–H and O–H groups in total. The van der Waals surface area contributed by atoms with Crippen LogP contribution in [0.15, 0.2) is 36.4 Å². The number of halogens is 1. The third kappa shape index (κ3) is 2.25. The highest BCUT2D eigenvalue weighted by atomic mass is 19.1. The topological polar surface area (TPSA) is 54.6 Å². The van der Waals surface area contributed by atoms with E-state index in [-0.39, 0.29) is 18.5 Å². The van der Waals surface area contributed by atoms with E-state index in [0.29, 0.717) is 36.6 Å². The van der Waals surface area contributed by atoms with Crippen molar-refractivity contribution in [1.29, 1.82) is 0 Å². The van der Waals surface area contributed by atoms with Gasteiger partial charge in [0.05, 0.1) is 6.54 Å². The minimum atomic E-state index is -0.242. The van der Waals surface area contributed by atoms with Gasteiger partial charge in [0, 0.05) is 28.7 Å². The fourth-order valence-corrected chi connectivity index (χ4v) is 3.60. The molecule has 0 bridgehead atoms. The molecule has 1 amide bonds. The number of ether oxygens (including phenoxy) is 2. The number of nitrogens with zero attached hydrogens (tertiary/aromatic N) is 1. The molecular formula is C19H15FN2O3. The molecule has 3 aromatic rings. The lowest BCUT2D eigenvalue weighted by Gasteiger charge is -2.27. The van der Waals surface area contributed by atoms with Crippen molar-refractivity contribution in [2.45, 2.75) is 13.0 Å². The Kier molecular flexibility index (Phi) is 3.00. The lowest BCUT2D eigenvalue weighted by Crippen LogP contribution is -2.35. The van der Waals surface area contributed by atoms with Gasteiger partial charge in [-0.05, 0) is 48.4 Å². The number of aromatic nitrogens is 1. The van der Waals surface area contributed by atoms with Crippen LogP contribution in [0.3, 0.4) is 0 Å². The standard InChI is InChI=1S/C19H15FN2O3/c20-12-2-3-15-14(8-12)13-5-6-22(9-16(13)21-15)19(23)11-1-4-17-18(7-11)25-10-24-17/h1-4,7-8,21H,5-6,9-10H2. The molecule has 1 aromatic heterocycles. The molecule has 126 valence electrons. The molecule has 5 rings (SSSR count). The zero-order valence-corrected chi connectivity index (χ0v) is 13.3. The highest BCUT2D eigenvalue weighted by Crippen LogP contribution is 2.34. The summed E-state index contributed by atoms with van der Waals surface area (Å²) in [4.78, 5) is 17.9. The van der Waals surface area contributed by atoms with Crippen molar-refractivity contribution in [3.05, 3.63) is 59.0 Å². The van der Waals surface area contributed by atoms with Gasteiger partial charge in [-0.2, -0.15) is 0 Å². The van der Waals surface area contributed by atoms with Crippen LogP contribution in [0, 0.1) is 5.82 Å². The normalized spacial score (nSPS) is 15.5. The van der Waals surface area contributed by atoms with Gasteiger partial charge in [-0.3, -0.25) is 4.79 Å². The van der Waals surface area contributed by atoms with E-state index in [0.717, 1.165) is 22.2 Å². The van der Waals surface area contributed by atoms with E-state index in [2.05, 4.69) is 4.98 Å². The first-order chi connectivity index (χ1) is 12.2. The van der Waals surface area contributed by atoms with E-state index < -0.39 is 0 Å². The van der Waals surface area contributed by atoms with Crippen LogP contribution in [-0.2, 0) is 13.0 Å². The summed E-state index contributed by atoms with van der Waals surface area (Å²) in [6.45, 7) is 1.27. The maximum absolute atomic E-state index is 13.5. The number of carbonyl (C=O) groups excluding carboxylic acids is 1. The van der Waals surface area contributed by atoms with E-state index in [1.54, 1.807) is 35.2 Å². The number of H-pyrrole nitrogens is 1. The Morgan fingerprint density at radius 3 is 2.92 bits per heavy atom. The highest BCUT2D eigenvalue weighted by Gasteiger charge is 2.26. The first-order valence-electron chi connectivity index (χ1n) is 8.17. The highest BCUT2D eigenvalue weighted by molar-refractivity contribution is 5.95. The van der Waals surface area contributed by atoms with Crippen LogP contribution in [0.5, 0.6) is 11.5 Å². The quantitative estimate of drug-likeness (QED) is 0.741. The van der Waals surface area contributed by atoms with Crippen molar-refractivity contribution in [2.24, 2.45) is 0 Å². The molecule has 25 heavy (non-hydrogen) atoms. The van der Waals surface area contributed by atoms with E-state index >= 15 is 0 Å². The summed E-state index contributed by atoms with van der Waals surface area (Å²) in [7, 11) is 0. The number of benzene rings is 2. The third-order valence-electron chi connectivity index (χ3n) is 4.84. The van der Waals surface area contributed by atoms with Crippen LogP contribution in [-0.4, -0.2) is 29.1 Å². The molecule has 0 fully saturated rings. The Balaban J connectivity index is 1.45. The fraction of sp³-hybridized carbons (Fsp3) is 0.211. The second kappa shape index (κ2) is 5.24. The lowest BCUT2D eigenvalue weighted by molar-refractivity contribution is 0.0732. The lowest BCUT2D eigenvalue weighted by atomic mass is 10.0. The van der Waals surface area contributed by atoms with Gasteiger partial charge in [-0.15, -0.1) is 0 Å². The Bertz CT molecular complexity index is 1010. The van der Waals surface area contributed by atoms with Gasteiger partial charge in [0.2, 0.25) is 6.79 Å². The summed E-state index contributed by atoms with van der Waals surface area (Å²) < 4.78 is 24.2. The molecule has 5 nitrogen and oxygen atoms in total. The maximum atomic E-state index is 13.5. The summed E-state index contributed by atoms with van der Waals surface area (Å²) in [5.41, 5.74) is 3.56. The van der Waals surface area contributed by atoms with E-state index in [9.17, 15) is 9.18 Å². The number of hydrogen-bond acceptors (Lipinski definition) is 3. The van der Waals surface area contributed by atoms with Crippen LogP contribution in [0.1, 0.15) is 21.6 Å².